The van der Waals surface area contributed by atoms with Gasteiger partial charge in [-0.2, -0.15) is 0 Å². The third-order valence-corrected chi connectivity index (χ3v) is 3.87. The molecule has 20 heavy (non-hydrogen) atoms. The molecule has 0 spiro atoms. The first-order valence-electron chi connectivity index (χ1n) is 7.00. The number of aliphatic hydroxyl groups excluding tert-OH is 1. The normalized spacial score (nSPS) is 22.3. The molecule has 0 heterocycles. The number of methoxy groups -OCH3 is 1. The van der Waals surface area contributed by atoms with Crippen LogP contribution in [0.1, 0.15) is 36.0 Å². The van der Waals surface area contributed by atoms with Crippen LogP contribution in [-0.4, -0.2) is 30.8 Å². The number of amides is 1. The van der Waals surface area contributed by atoms with E-state index in [-0.39, 0.29) is 12.0 Å². The van der Waals surface area contributed by atoms with Crippen molar-refractivity contribution in [2.24, 2.45) is 5.92 Å². The fourth-order valence-electron chi connectivity index (χ4n) is 2.56. The molecule has 1 saturated carbocycles. The maximum absolute atomic E-state index is 12.1. The number of rotatable bonds is 4. The third-order valence-electron chi connectivity index (χ3n) is 3.87. The molecule has 5 nitrogen and oxygen atoms in total. The second-order valence-electron chi connectivity index (χ2n) is 5.34. The largest absolute Gasteiger partial charge is 0.497 e. The van der Waals surface area contributed by atoms with E-state index in [1.807, 2.05) is 0 Å². The van der Waals surface area contributed by atoms with Crippen molar-refractivity contribution < 1.29 is 14.6 Å². The number of nitrogens with one attached hydrogen (secondary N) is 1. The van der Waals surface area contributed by atoms with Crippen molar-refractivity contribution >= 4 is 11.6 Å². The predicted octanol–water partition coefficient (Wildman–Crippen LogP) is 1.56. The number of anilines is 1. The summed E-state index contributed by atoms with van der Waals surface area (Å²) in [6.07, 6.45) is 3.40. The van der Waals surface area contributed by atoms with Crippen LogP contribution in [0.15, 0.2) is 18.2 Å². The SMILES string of the molecule is COc1ccc(C(=O)NCC2CCC(O)CC2)c(N)c1. The van der Waals surface area contributed by atoms with Gasteiger partial charge in [-0.1, -0.05) is 0 Å². The van der Waals surface area contributed by atoms with E-state index in [0.29, 0.717) is 29.5 Å². The molecular formula is C15H22N2O3. The number of ether oxygens (including phenoxy) is 1. The Morgan fingerprint density at radius 1 is 1.40 bits per heavy atom. The molecule has 5 heteroatoms. The molecular weight excluding hydrogens is 256 g/mol. The topological polar surface area (TPSA) is 84.6 Å². The zero-order valence-electron chi connectivity index (χ0n) is 11.8. The van der Waals surface area contributed by atoms with E-state index in [9.17, 15) is 9.90 Å². The van der Waals surface area contributed by atoms with Gasteiger partial charge in [-0.15, -0.1) is 0 Å². The Hall–Kier alpha value is -1.75. The van der Waals surface area contributed by atoms with Gasteiger partial charge in [0.1, 0.15) is 5.75 Å². The zero-order chi connectivity index (χ0) is 14.5. The second kappa shape index (κ2) is 6.61. The standard InChI is InChI=1S/C15H22N2O3/c1-20-12-6-7-13(14(16)8-12)15(19)17-9-10-2-4-11(18)5-3-10/h6-8,10-11,18H,2-5,9,16H2,1H3,(H,17,19). The number of nitrogens with two attached hydrogens (primary N) is 1. The smallest absolute Gasteiger partial charge is 0.253 e. The van der Waals surface area contributed by atoms with Crippen LogP contribution in [0.3, 0.4) is 0 Å². The van der Waals surface area contributed by atoms with Crippen molar-refractivity contribution in [3.05, 3.63) is 23.8 Å². The summed E-state index contributed by atoms with van der Waals surface area (Å²) in [6.45, 7) is 0.636. The molecule has 1 aliphatic carbocycles. The van der Waals surface area contributed by atoms with Crippen LogP contribution in [0.4, 0.5) is 5.69 Å². The molecule has 0 radical (unpaired) electrons. The van der Waals surface area contributed by atoms with Gasteiger partial charge in [0.15, 0.2) is 0 Å². The van der Waals surface area contributed by atoms with E-state index in [1.165, 1.54) is 0 Å². The van der Waals surface area contributed by atoms with Gasteiger partial charge in [0.2, 0.25) is 0 Å². The highest BCUT2D eigenvalue weighted by molar-refractivity contribution is 5.99. The lowest BCUT2D eigenvalue weighted by atomic mass is 9.87. The van der Waals surface area contributed by atoms with E-state index in [4.69, 9.17) is 10.5 Å². The summed E-state index contributed by atoms with van der Waals surface area (Å²) >= 11 is 0. The van der Waals surface area contributed by atoms with Crippen molar-refractivity contribution in [1.29, 1.82) is 0 Å². The number of carbonyl (C=O) groups is 1. The van der Waals surface area contributed by atoms with Gasteiger partial charge in [0.05, 0.1) is 18.8 Å². The average molecular weight is 278 g/mol. The summed E-state index contributed by atoms with van der Waals surface area (Å²) in [4.78, 5) is 12.1. The van der Waals surface area contributed by atoms with Crippen LogP contribution in [0.2, 0.25) is 0 Å². The molecule has 0 aliphatic heterocycles. The van der Waals surface area contributed by atoms with Crippen molar-refractivity contribution in [2.75, 3.05) is 19.4 Å². The van der Waals surface area contributed by atoms with Crippen molar-refractivity contribution in [1.82, 2.24) is 5.32 Å². The first-order valence-corrected chi connectivity index (χ1v) is 7.00. The molecule has 1 aromatic rings. The minimum atomic E-state index is -0.167. The predicted molar refractivity (Wildman–Crippen MR) is 77.7 cm³/mol. The van der Waals surface area contributed by atoms with Gasteiger partial charge in [0, 0.05) is 18.3 Å². The van der Waals surface area contributed by atoms with E-state index >= 15 is 0 Å². The molecule has 0 atom stereocenters. The summed E-state index contributed by atoms with van der Waals surface area (Å²) < 4.78 is 5.06. The fraction of sp³-hybridized carbons (Fsp3) is 0.533. The van der Waals surface area contributed by atoms with Gasteiger partial charge < -0.3 is 20.9 Å². The fourth-order valence-corrected chi connectivity index (χ4v) is 2.56. The van der Waals surface area contributed by atoms with Crippen LogP contribution in [0.25, 0.3) is 0 Å². The first-order chi connectivity index (χ1) is 9.60. The molecule has 0 saturated heterocycles. The summed E-state index contributed by atoms with van der Waals surface area (Å²) in [5.41, 5.74) is 6.74. The Bertz CT molecular complexity index is 468. The number of aliphatic hydroxyl groups is 1. The quantitative estimate of drug-likeness (QED) is 0.730. The number of nitrogen functional groups attached to an aromatic ring is 1. The van der Waals surface area contributed by atoms with Gasteiger partial charge in [-0.05, 0) is 43.7 Å². The molecule has 4 N–H and O–H groups in total. The van der Waals surface area contributed by atoms with Gasteiger partial charge >= 0.3 is 0 Å². The molecule has 1 aromatic carbocycles. The van der Waals surface area contributed by atoms with Crippen LogP contribution in [0, 0.1) is 5.92 Å². The van der Waals surface area contributed by atoms with E-state index in [2.05, 4.69) is 5.32 Å². The lowest BCUT2D eigenvalue weighted by Gasteiger charge is -2.25. The number of carbonyl (C=O) groups excluding carboxylic acids is 1. The van der Waals surface area contributed by atoms with Crippen LogP contribution in [0.5, 0.6) is 5.75 Å². The van der Waals surface area contributed by atoms with Crippen LogP contribution in [-0.2, 0) is 0 Å². The van der Waals surface area contributed by atoms with Gasteiger partial charge in [-0.25, -0.2) is 0 Å². The Morgan fingerprint density at radius 3 is 2.70 bits per heavy atom. The Morgan fingerprint density at radius 2 is 2.10 bits per heavy atom. The molecule has 2 rings (SSSR count). The van der Waals surface area contributed by atoms with Crippen LogP contribution >= 0.6 is 0 Å². The molecule has 0 aromatic heterocycles. The van der Waals surface area contributed by atoms with Crippen molar-refractivity contribution in [3.8, 4) is 5.75 Å². The number of hydrogen-bond acceptors (Lipinski definition) is 4. The molecule has 0 unspecified atom stereocenters. The minimum Gasteiger partial charge on any atom is -0.497 e. The second-order valence-corrected chi connectivity index (χ2v) is 5.34. The molecule has 1 fully saturated rings. The maximum Gasteiger partial charge on any atom is 0.253 e. The molecule has 0 bridgehead atoms. The number of benzene rings is 1. The highest BCUT2D eigenvalue weighted by atomic mass is 16.5. The Labute approximate surface area is 119 Å². The maximum atomic E-state index is 12.1. The van der Waals surface area contributed by atoms with E-state index < -0.39 is 0 Å². The number of hydrogen-bond donors (Lipinski definition) is 3. The zero-order valence-corrected chi connectivity index (χ0v) is 11.8. The van der Waals surface area contributed by atoms with Crippen LogP contribution < -0.4 is 15.8 Å². The Kier molecular flexibility index (Phi) is 4.84. The third kappa shape index (κ3) is 3.63. The summed E-state index contributed by atoms with van der Waals surface area (Å²) in [7, 11) is 1.56. The van der Waals surface area contributed by atoms with E-state index in [1.54, 1.807) is 25.3 Å². The van der Waals surface area contributed by atoms with Gasteiger partial charge in [0.25, 0.3) is 5.91 Å². The lowest BCUT2D eigenvalue weighted by Crippen LogP contribution is -2.32. The highest BCUT2D eigenvalue weighted by Gasteiger charge is 2.20. The van der Waals surface area contributed by atoms with Gasteiger partial charge in [-0.3, -0.25) is 4.79 Å². The first kappa shape index (κ1) is 14.7. The van der Waals surface area contributed by atoms with E-state index in [0.717, 1.165) is 25.7 Å². The lowest BCUT2D eigenvalue weighted by molar-refractivity contribution is 0.0911. The monoisotopic (exact) mass is 278 g/mol. The summed E-state index contributed by atoms with van der Waals surface area (Å²) in [5, 5.41) is 12.4. The highest BCUT2D eigenvalue weighted by Crippen LogP contribution is 2.24. The van der Waals surface area contributed by atoms with Crippen molar-refractivity contribution in [2.45, 2.75) is 31.8 Å². The molecule has 1 amide bonds. The Balaban J connectivity index is 1.88. The summed E-state index contributed by atoms with van der Waals surface area (Å²) in [6, 6.07) is 5.04. The average Bonchev–Trinajstić information content (AvgIpc) is 2.46. The summed E-state index contributed by atoms with van der Waals surface area (Å²) in [5.74, 6) is 0.929. The molecule has 1 aliphatic rings. The minimum absolute atomic E-state index is 0.156. The van der Waals surface area contributed by atoms with Crippen molar-refractivity contribution in [3.63, 3.8) is 0 Å². The molecule has 110 valence electrons.